The van der Waals surface area contributed by atoms with E-state index >= 15 is 0 Å². The molecule has 0 radical (unpaired) electrons. The molecule has 0 spiro atoms. The first-order valence-electron chi connectivity index (χ1n) is 6.24. The van der Waals surface area contributed by atoms with Crippen molar-refractivity contribution in [3.05, 3.63) is 36.1 Å². The maximum absolute atomic E-state index is 11.6. The maximum atomic E-state index is 11.6. The Kier molecular flexibility index (Phi) is 3.08. The van der Waals surface area contributed by atoms with E-state index in [0.29, 0.717) is 12.2 Å². The molecule has 3 rings (SSSR count). The first-order valence-corrected chi connectivity index (χ1v) is 8.06. The summed E-state index contributed by atoms with van der Waals surface area (Å²) in [6.07, 6.45) is 0.619. The zero-order valence-electron chi connectivity index (χ0n) is 10.4. The van der Waals surface area contributed by atoms with Gasteiger partial charge in [-0.1, -0.05) is 18.2 Å². The molecule has 0 bridgehead atoms. The zero-order chi connectivity index (χ0) is 13.5. The van der Waals surface area contributed by atoms with E-state index in [1.54, 1.807) is 0 Å². The largest absolute Gasteiger partial charge is 0.459 e. The first kappa shape index (κ1) is 12.7. The van der Waals surface area contributed by atoms with Gasteiger partial charge in [0.2, 0.25) is 0 Å². The van der Waals surface area contributed by atoms with Gasteiger partial charge in [-0.15, -0.1) is 0 Å². The summed E-state index contributed by atoms with van der Waals surface area (Å²) in [5.41, 5.74) is 3.49. The van der Waals surface area contributed by atoms with Crippen molar-refractivity contribution in [3.63, 3.8) is 0 Å². The Hall–Kier alpha value is -1.37. The number of fused-ring (bicyclic) bond motifs is 1. The number of sulfone groups is 1. The smallest absolute Gasteiger partial charge is 0.150 e. The quantitative estimate of drug-likeness (QED) is 0.655. The molecule has 102 valence electrons. The average molecular weight is 280 g/mol. The summed E-state index contributed by atoms with van der Waals surface area (Å²) >= 11 is 0. The highest BCUT2D eigenvalue weighted by molar-refractivity contribution is 7.91. The SMILES string of the molecule is NNC(c1cc2ccccc2o1)C1CCS(=O)(=O)C1. The number of nitrogens with one attached hydrogen (secondary N) is 1. The minimum atomic E-state index is -2.93. The van der Waals surface area contributed by atoms with Gasteiger partial charge < -0.3 is 4.42 Å². The van der Waals surface area contributed by atoms with E-state index in [1.165, 1.54) is 0 Å². The summed E-state index contributed by atoms with van der Waals surface area (Å²) in [5.74, 6) is 6.66. The molecule has 1 aliphatic heterocycles. The van der Waals surface area contributed by atoms with Crippen molar-refractivity contribution in [1.29, 1.82) is 0 Å². The van der Waals surface area contributed by atoms with Crippen molar-refractivity contribution in [3.8, 4) is 0 Å². The molecule has 2 unspecified atom stereocenters. The van der Waals surface area contributed by atoms with Gasteiger partial charge >= 0.3 is 0 Å². The third-order valence-corrected chi connectivity index (χ3v) is 5.46. The molecule has 0 aliphatic carbocycles. The van der Waals surface area contributed by atoms with E-state index in [9.17, 15) is 8.42 Å². The van der Waals surface area contributed by atoms with Crippen molar-refractivity contribution in [2.45, 2.75) is 12.5 Å². The Balaban J connectivity index is 1.94. The minimum Gasteiger partial charge on any atom is -0.459 e. The number of hydrogen-bond donors (Lipinski definition) is 2. The number of hydrogen-bond acceptors (Lipinski definition) is 5. The molecule has 0 amide bonds. The number of rotatable bonds is 3. The summed E-state index contributed by atoms with van der Waals surface area (Å²) in [7, 11) is -2.93. The Morgan fingerprint density at radius 3 is 2.79 bits per heavy atom. The molecule has 5 nitrogen and oxygen atoms in total. The van der Waals surface area contributed by atoms with Crippen molar-refractivity contribution in [2.75, 3.05) is 11.5 Å². The lowest BCUT2D eigenvalue weighted by Crippen LogP contribution is -2.33. The van der Waals surface area contributed by atoms with Gasteiger partial charge in [-0.2, -0.15) is 0 Å². The third kappa shape index (κ3) is 2.39. The van der Waals surface area contributed by atoms with E-state index in [4.69, 9.17) is 10.3 Å². The predicted molar refractivity (Wildman–Crippen MR) is 73.0 cm³/mol. The van der Waals surface area contributed by atoms with Crippen LogP contribution < -0.4 is 11.3 Å². The summed E-state index contributed by atoms with van der Waals surface area (Å²) in [5, 5.41) is 0.999. The standard InChI is InChI=1S/C13H16N2O3S/c14-15-13(10-5-6-19(16,17)8-10)12-7-9-3-1-2-4-11(9)18-12/h1-4,7,10,13,15H,5-6,8,14H2. The highest BCUT2D eigenvalue weighted by Crippen LogP contribution is 2.33. The molecule has 3 N–H and O–H groups in total. The number of hydrazine groups is 1. The van der Waals surface area contributed by atoms with Gasteiger partial charge in [-0.05, 0) is 24.5 Å². The van der Waals surface area contributed by atoms with Crippen LogP contribution in [-0.4, -0.2) is 19.9 Å². The molecular formula is C13H16N2O3S. The van der Waals surface area contributed by atoms with Crippen LogP contribution in [0.1, 0.15) is 18.2 Å². The fraction of sp³-hybridized carbons (Fsp3) is 0.385. The van der Waals surface area contributed by atoms with Gasteiger partial charge in [-0.25, -0.2) is 13.8 Å². The molecule has 2 atom stereocenters. The Morgan fingerprint density at radius 1 is 1.37 bits per heavy atom. The molecule has 6 heteroatoms. The van der Waals surface area contributed by atoms with Crippen LogP contribution in [0.5, 0.6) is 0 Å². The van der Waals surface area contributed by atoms with E-state index in [1.807, 2.05) is 30.3 Å². The van der Waals surface area contributed by atoms with Gasteiger partial charge in [-0.3, -0.25) is 5.84 Å². The Bertz CT molecular complexity index is 660. The highest BCUT2D eigenvalue weighted by atomic mass is 32.2. The second-order valence-corrected chi connectivity index (χ2v) is 7.22. The lowest BCUT2D eigenvalue weighted by atomic mass is 9.97. The summed E-state index contributed by atoms with van der Waals surface area (Å²) in [4.78, 5) is 0. The van der Waals surface area contributed by atoms with Crippen molar-refractivity contribution in [1.82, 2.24) is 5.43 Å². The Labute approximate surface area is 111 Å². The molecule has 1 aromatic carbocycles. The lowest BCUT2D eigenvalue weighted by molar-refractivity contribution is 0.342. The molecule has 2 heterocycles. The van der Waals surface area contributed by atoms with Crippen LogP contribution >= 0.6 is 0 Å². The second-order valence-electron chi connectivity index (χ2n) is 4.99. The fourth-order valence-corrected chi connectivity index (χ4v) is 4.53. The van der Waals surface area contributed by atoms with Crippen LogP contribution in [0.4, 0.5) is 0 Å². The molecule has 1 saturated heterocycles. The van der Waals surface area contributed by atoms with Crippen molar-refractivity contribution < 1.29 is 12.8 Å². The summed E-state index contributed by atoms with van der Waals surface area (Å²) < 4.78 is 28.9. The van der Waals surface area contributed by atoms with E-state index in [2.05, 4.69) is 5.43 Å². The summed E-state index contributed by atoms with van der Waals surface area (Å²) in [6, 6.07) is 9.35. The second kappa shape index (κ2) is 4.63. The van der Waals surface area contributed by atoms with Crippen LogP contribution in [0.2, 0.25) is 0 Å². The van der Waals surface area contributed by atoms with Gasteiger partial charge in [0.1, 0.15) is 11.3 Å². The molecule has 1 aromatic heterocycles. The lowest BCUT2D eigenvalue weighted by Gasteiger charge is -2.18. The van der Waals surface area contributed by atoms with Crippen molar-refractivity contribution in [2.24, 2.45) is 11.8 Å². The number of furan rings is 1. The fourth-order valence-electron chi connectivity index (χ4n) is 2.69. The molecule has 1 fully saturated rings. The molecule has 0 saturated carbocycles. The van der Waals surface area contributed by atoms with Crippen molar-refractivity contribution >= 4 is 20.8 Å². The first-order chi connectivity index (χ1) is 9.09. The van der Waals surface area contributed by atoms with E-state index in [-0.39, 0.29) is 23.5 Å². The monoisotopic (exact) mass is 280 g/mol. The van der Waals surface area contributed by atoms with Crippen LogP contribution in [0.25, 0.3) is 11.0 Å². The topological polar surface area (TPSA) is 85.3 Å². The Morgan fingerprint density at radius 2 is 2.16 bits per heavy atom. The third-order valence-electron chi connectivity index (χ3n) is 3.67. The highest BCUT2D eigenvalue weighted by Gasteiger charge is 2.35. The average Bonchev–Trinajstić information content (AvgIpc) is 2.94. The van der Waals surface area contributed by atoms with E-state index in [0.717, 1.165) is 11.0 Å². The van der Waals surface area contributed by atoms with Crippen LogP contribution in [0, 0.1) is 5.92 Å². The van der Waals surface area contributed by atoms with Gasteiger partial charge in [0.05, 0.1) is 17.5 Å². The number of benzene rings is 1. The summed E-state index contributed by atoms with van der Waals surface area (Å²) in [6.45, 7) is 0. The molecule has 2 aromatic rings. The normalized spacial score (nSPS) is 23.7. The van der Waals surface area contributed by atoms with Crippen LogP contribution in [0.15, 0.2) is 34.7 Å². The predicted octanol–water partition coefficient (Wildman–Crippen LogP) is 1.37. The van der Waals surface area contributed by atoms with Gasteiger partial charge in [0.25, 0.3) is 0 Å². The van der Waals surface area contributed by atoms with Gasteiger partial charge in [0, 0.05) is 5.39 Å². The number of nitrogens with two attached hydrogens (primary N) is 1. The molecule has 1 aliphatic rings. The van der Waals surface area contributed by atoms with Crippen LogP contribution in [0.3, 0.4) is 0 Å². The van der Waals surface area contributed by atoms with Crippen LogP contribution in [-0.2, 0) is 9.84 Å². The minimum absolute atomic E-state index is 0.0319. The molecular weight excluding hydrogens is 264 g/mol. The number of para-hydroxylation sites is 1. The maximum Gasteiger partial charge on any atom is 0.150 e. The molecule has 19 heavy (non-hydrogen) atoms. The van der Waals surface area contributed by atoms with E-state index < -0.39 is 9.84 Å². The van der Waals surface area contributed by atoms with Gasteiger partial charge in [0.15, 0.2) is 9.84 Å². The zero-order valence-corrected chi connectivity index (χ0v) is 11.2.